The molecule has 0 unspecified atom stereocenters. The van der Waals surface area contributed by atoms with Gasteiger partial charge in [0.05, 0.1) is 20.3 Å². The monoisotopic (exact) mass is 263 g/mol. The van der Waals surface area contributed by atoms with Crippen molar-refractivity contribution in [1.29, 1.82) is 0 Å². The highest BCUT2D eigenvalue weighted by molar-refractivity contribution is 5.58. The summed E-state index contributed by atoms with van der Waals surface area (Å²) < 4.78 is 6.04. The first kappa shape index (κ1) is 13.0. The number of rotatable bonds is 4. The molecule has 0 radical (unpaired) electrons. The lowest BCUT2D eigenvalue weighted by Gasteiger charge is -2.05. The lowest BCUT2D eigenvalue weighted by Crippen LogP contribution is -2.34. The lowest BCUT2D eigenvalue weighted by molar-refractivity contribution is 0.265. The van der Waals surface area contributed by atoms with Crippen molar-refractivity contribution in [2.24, 2.45) is 0 Å². The zero-order valence-electron chi connectivity index (χ0n) is 10.3. The number of H-pyrrole nitrogens is 1. The van der Waals surface area contributed by atoms with Gasteiger partial charge in [-0.15, -0.1) is 0 Å². The van der Waals surface area contributed by atoms with Crippen LogP contribution >= 0.6 is 0 Å². The number of aliphatic hydroxyl groups is 1. The molecule has 1 aromatic carbocycles. The summed E-state index contributed by atoms with van der Waals surface area (Å²) in [4.78, 5) is 25.3. The molecule has 100 valence electrons. The summed E-state index contributed by atoms with van der Waals surface area (Å²) in [6.45, 7) is -0.209. The van der Waals surface area contributed by atoms with Crippen LogP contribution in [0.4, 0.5) is 0 Å². The van der Waals surface area contributed by atoms with Gasteiger partial charge in [-0.3, -0.25) is 9.78 Å². The van der Waals surface area contributed by atoms with Crippen LogP contribution in [0.2, 0.25) is 0 Å². The normalized spacial score (nSPS) is 10.4. The Hall–Kier alpha value is -2.41. The molecule has 0 aliphatic rings. The first-order valence-electron chi connectivity index (χ1n) is 5.62. The molecule has 1 heterocycles. The predicted molar refractivity (Wildman–Crippen MR) is 68.2 cm³/mol. The van der Waals surface area contributed by atoms with Crippen molar-refractivity contribution in [3.8, 4) is 17.0 Å². The van der Waals surface area contributed by atoms with Crippen molar-refractivity contribution >= 4 is 0 Å². The van der Waals surface area contributed by atoms with E-state index in [9.17, 15) is 9.59 Å². The van der Waals surface area contributed by atoms with Gasteiger partial charge in [-0.1, -0.05) is 0 Å². The summed E-state index contributed by atoms with van der Waals surface area (Å²) in [6.07, 6.45) is 0. The molecule has 2 rings (SSSR count). The minimum Gasteiger partial charge on any atom is -0.497 e. The molecule has 0 fully saturated rings. The number of hydrogen-bond acceptors (Lipinski definition) is 5. The van der Waals surface area contributed by atoms with Crippen LogP contribution in [0.5, 0.6) is 5.75 Å². The summed E-state index contributed by atoms with van der Waals surface area (Å²) >= 11 is 0. The molecular weight excluding hydrogens is 250 g/mol. The third kappa shape index (κ3) is 2.71. The van der Waals surface area contributed by atoms with Crippen LogP contribution in [0.1, 0.15) is 0 Å². The number of aromatic nitrogens is 3. The Bertz CT molecular complexity index is 673. The standard InChI is InChI=1S/C12H13N3O4/c1-19-9-4-2-8(3-5-9)10-11(17)13-12(18)15(14-10)6-7-16/h2-5,16H,6-7H2,1H3,(H,13,17,18). The largest absolute Gasteiger partial charge is 0.497 e. The molecule has 0 amide bonds. The van der Waals surface area contributed by atoms with Crippen LogP contribution in [0.15, 0.2) is 33.9 Å². The third-order valence-corrected chi connectivity index (χ3v) is 2.57. The van der Waals surface area contributed by atoms with Crippen LogP contribution in [0.3, 0.4) is 0 Å². The van der Waals surface area contributed by atoms with Crippen molar-refractivity contribution in [1.82, 2.24) is 14.8 Å². The third-order valence-electron chi connectivity index (χ3n) is 2.57. The summed E-state index contributed by atoms with van der Waals surface area (Å²) in [5, 5.41) is 12.8. The second kappa shape index (κ2) is 5.49. The van der Waals surface area contributed by atoms with E-state index in [2.05, 4.69) is 10.1 Å². The van der Waals surface area contributed by atoms with E-state index >= 15 is 0 Å². The summed E-state index contributed by atoms with van der Waals surface area (Å²) in [5.41, 5.74) is -0.523. The molecule has 0 aliphatic carbocycles. The molecule has 0 saturated heterocycles. The quantitative estimate of drug-likeness (QED) is 0.782. The molecule has 19 heavy (non-hydrogen) atoms. The molecule has 2 N–H and O–H groups in total. The summed E-state index contributed by atoms with van der Waals surface area (Å²) in [5.74, 6) is 0.656. The van der Waals surface area contributed by atoms with Gasteiger partial charge in [0, 0.05) is 5.56 Å². The van der Waals surface area contributed by atoms with E-state index in [0.717, 1.165) is 4.68 Å². The maximum atomic E-state index is 11.7. The van der Waals surface area contributed by atoms with Gasteiger partial charge in [-0.05, 0) is 24.3 Å². The Morgan fingerprint density at radius 3 is 2.58 bits per heavy atom. The van der Waals surface area contributed by atoms with Gasteiger partial charge in [-0.25, -0.2) is 9.48 Å². The fourth-order valence-corrected chi connectivity index (χ4v) is 1.62. The topological polar surface area (TPSA) is 97.2 Å². The van der Waals surface area contributed by atoms with Crippen LogP contribution < -0.4 is 16.0 Å². The Kier molecular flexibility index (Phi) is 3.76. The zero-order chi connectivity index (χ0) is 13.8. The van der Waals surface area contributed by atoms with Gasteiger partial charge >= 0.3 is 5.69 Å². The second-order valence-corrected chi connectivity index (χ2v) is 3.78. The number of ether oxygens (including phenoxy) is 1. The Balaban J connectivity index is 2.51. The first-order chi connectivity index (χ1) is 9.15. The number of aliphatic hydroxyl groups excluding tert-OH is 1. The highest BCUT2D eigenvalue weighted by Gasteiger charge is 2.09. The molecule has 0 atom stereocenters. The van der Waals surface area contributed by atoms with Crippen LogP contribution in [-0.4, -0.2) is 33.6 Å². The van der Waals surface area contributed by atoms with Gasteiger partial charge in [0.1, 0.15) is 5.75 Å². The van der Waals surface area contributed by atoms with E-state index in [-0.39, 0.29) is 18.8 Å². The Morgan fingerprint density at radius 1 is 1.32 bits per heavy atom. The zero-order valence-corrected chi connectivity index (χ0v) is 10.3. The predicted octanol–water partition coefficient (Wildman–Crippen LogP) is -0.401. The number of aromatic amines is 1. The summed E-state index contributed by atoms with van der Waals surface area (Å²) in [6, 6.07) is 6.73. The van der Waals surface area contributed by atoms with E-state index in [1.54, 1.807) is 31.4 Å². The smallest absolute Gasteiger partial charge is 0.344 e. The molecule has 0 aliphatic heterocycles. The molecule has 2 aromatic rings. The fourth-order valence-electron chi connectivity index (χ4n) is 1.62. The van der Waals surface area contributed by atoms with Gasteiger partial charge in [0.2, 0.25) is 0 Å². The van der Waals surface area contributed by atoms with Crippen molar-refractivity contribution in [3.63, 3.8) is 0 Å². The van der Waals surface area contributed by atoms with Crippen LogP contribution in [-0.2, 0) is 6.54 Å². The Morgan fingerprint density at radius 2 is 2.00 bits per heavy atom. The lowest BCUT2D eigenvalue weighted by atomic mass is 10.1. The molecule has 7 nitrogen and oxygen atoms in total. The number of hydrogen-bond donors (Lipinski definition) is 2. The van der Waals surface area contributed by atoms with E-state index in [0.29, 0.717) is 11.3 Å². The number of benzene rings is 1. The minimum atomic E-state index is -0.642. The van der Waals surface area contributed by atoms with Crippen molar-refractivity contribution in [2.45, 2.75) is 6.54 Å². The fraction of sp³-hybridized carbons (Fsp3) is 0.250. The Labute approximate surface area is 108 Å². The van der Waals surface area contributed by atoms with Gasteiger partial charge < -0.3 is 9.84 Å². The SMILES string of the molecule is COc1ccc(-c2nn(CCO)c(=O)[nH]c2=O)cc1. The molecule has 1 aromatic heterocycles. The highest BCUT2D eigenvalue weighted by Crippen LogP contribution is 2.17. The molecule has 0 saturated carbocycles. The highest BCUT2D eigenvalue weighted by atomic mass is 16.5. The first-order valence-corrected chi connectivity index (χ1v) is 5.62. The average Bonchev–Trinajstić information content (AvgIpc) is 2.42. The molecular formula is C12H13N3O4. The van der Waals surface area contributed by atoms with E-state index < -0.39 is 11.2 Å². The minimum absolute atomic E-state index is 0.0266. The second-order valence-electron chi connectivity index (χ2n) is 3.78. The van der Waals surface area contributed by atoms with Crippen molar-refractivity contribution < 1.29 is 9.84 Å². The number of nitrogens with zero attached hydrogens (tertiary/aromatic N) is 2. The van der Waals surface area contributed by atoms with Crippen LogP contribution in [0, 0.1) is 0 Å². The average molecular weight is 263 g/mol. The molecule has 0 spiro atoms. The van der Waals surface area contributed by atoms with Crippen molar-refractivity contribution in [2.75, 3.05) is 13.7 Å². The van der Waals surface area contributed by atoms with E-state index in [4.69, 9.17) is 9.84 Å². The van der Waals surface area contributed by atoms with Crippen LogP contribution in [0.25, 0.3) is 11.3 Å². The van der Waals surface area contributed by atoms with Gasteiger partial charge in [-0.2, -0.15) is 5.10 Å². The number of methoxy groups -OCH3 is 1. The maximum Gasteiger partial charge on any atom is 0.344 e. The van der Waals surface area contributed by atoms with Crippen molar-refractivity contribution in [3.05, 3.63) is 45.1 Å². The molecule has 7 heteroatoms. The van der Waals surface area contributed by atoms with Gasteiger partial charge in [0.15, 0.2) is 5.69 Å². The number of nitrogens with one attached hydrogen (secondary N) is 1. The molecule has 0 bridgehead atoms. The van der Waals surface area contributed by atoms with E-state index in [1.807, 2.05) is 0 Å². The van der Waals surface area contributed by atoms with E-state index in [1.165, 1.54) is 0 Å². The van der Waals surface area contributed by atoms with Gasteiger partial charge in [0.25, 0.3) is 5.56 Å². The maximum absolute atomic E-state index is 11.7. The summed E-state index contributed by atoms with van der Waals surface area (Å²) in [7, 11) is 1.54.